The van der Waals surface area contributed by atoms with E-state index in [0.29, 0.717) is 45.2 Å². The molecule has 61 heavy (non-hydrogen) atoms. The van der Waals surface area contributed by atoms with Gasteiger partial charge >= 0.3 is 0 Å². The third-order valence-electron chi connectivity index (χ3n) is 10.8. The minimum atomic E-state index is -3.81. The van der Waals surface area contributed by atoms with Crippen LogP contribution in [0, 0.1) is 25.8 Å². The normalized spacial score (nSPS) is 15.6. The van der Waals surface area contributed by atoms with Gasteiger partial charge in [0.1, 0.15) is 11.6 Å². The summed E-state index contributed by atoms with van der Waals surface area (Å²) in [4.78, 5) is 10.1. The van der Waals surface area contributed by atoms with Gasteiger partial charge in [0.25, 0.3) is 0 Å². The second-order valence-electron chi connectivity index (χ2n) is 17.1. The fourth-order valence-electron chi connectivity index (χ4n) is 7.76. The number of fused-ring (bicyclic) bond motifs is 1. The Bertz CT molecular complexity index is 3380. The summed E-state index contributed by atoms with van der Waals surface area (Å²) in [6.45, 7) is 3.01. The maximum atomic E-state index is 11.8. The van der Waals surface area contributed by atoms with Gasteiger partial charge in [-0.25, -0.2) is 4.98 Å². The van der Waals surface area contributed by atoms with Crippen molar-refractivity contribution in [2.75, 3.05) is 0 Å². The molecule has 0 unspecified atom stereocenters. The van der Waals surface area contributed by atoms with Crippen molar-refractivity contribution in [2.24, 2.45) is 5.92 Å². The van der Waals surface area contributed by atoms with Crippen molar-refractivity contribution in [1.29, 1.82) is 0 Å². The van der Waals surface area contributed by atoms with Crippen molar-refractivity contribution in [3.8, 4) is 67.5 Å². The maximum absolute atomic E-state index is 11.8. The van der Waals surface area contributed by atoms with Crippen molar-refractivity contribution in [1.82, 2.24) is 14.5 Å². The number of aromatic nitrogens is 3. The molecule has 0 aliphatic carbocycles. The summed E-state index contributed by atoms with van der Waals surface area (Å²) < 4.78 is 112. The zero-order valence-corrected chi connectivity index (χ0v) is 37.6. The topological polar surface area (TPSA) is 50.9 Å². The van der Waals surface area contributed by atoms with Gasteiger partial charge in [-0.05, 0) is 106 Å². The van der Waals surface area contributed by atoms with Gasteiger partial charge < -0.3 is 5.11 Å². The molecule has 0 saturated carbocycles. The van der Waals surface area contributed by atoms with Crippen LogP contribution in [0.15, 0.2) is 133 Å². The molecule has 2 aromatic heterocycles. The van der Waals surface area contributed by atoms with Crippen LogP contribution < -0.4 is 0 Å². The van der Waals surface area contributed by atoms with Gasteiger partial charge in [-0.15, -0.1) is 29.3 Å². The number of benzene rings is 6. The SMILES string of the molecule is [2H]c1c([2H])c(C(C([2H])([2H])[2H])(C([2H])([2H])[2H])C([2H])([2H])[2H])c([2H])c([2H])c1-c1ccnc(-c2[c-]c(-c3cccc4c3nc(-c3cc(C)cc(C)c3O)n4-c3ccc(CC(C)C)cc3-c3ccccc3)cc(C(C)(C)C)c2)c1.[Pt]. The molecule has 2 heterocycles. The molecule has 8 rings (SSSR count). The van der Waals surface area contributed by atoms with Crippen LogP contribution in [0.5, 0.6) is 5.75 Å². The standard InChI is InChI=1S/C56H56N3O.Pt/c1-35(2)27-38-19-24-50(47(30-38)40-15-12-11-13-16-40)59-51-18-14-17-46(52(51)58-54(59)48-29-36(3)28-37(4)53(48)60)42-31-43(33-45(32-42)56(8,9)10)49-34-41(25-26-57-49)39-20-22-44(23-21-39)55(5,6)7;/h11-26,28-30,32-35,60H,27H2,1-10H3;/q-1;/i5D3,6D3,7D3,20D,21D,22D,23D;. The van der Waals surface area contributed by atoms with E-state index in [1.54, 1.807) is 6.07 Å². The molecule has 0 bridgehead atoms. The van der Waals surface area contributed by atoms with Crippen molar-refractivity contribution in [2.45, 2.75) is 86.3 Å². The number of aromatic hydroxyl groups is 1. The predicted molar refractivity (Wildman–Crippen MR) is 252 cm³/mol. The summed E-state index contributed by atoms with van der Waals surface area (Å²) >= 11 is 0. The molecule has 0 amide bonds. The predicted octanol–water partition coefficient (Wildman–Crippen LogP) is 14.7. The average molecular weight is 995 g/mol. The molecule has 312 valence electrons. The second-order valence-corrected chi connectivity index (χ2v) is 17.1. The first-order valence-electron chi connectivity index (χ1n) is 26.6. The Morgan fingerprint density at radius 3 is 2.16 bits per heavy atom. The van der Waals surface area contributed by atoms with Gasteiger partial charge in [-0.1, -0.05) is 151 Å². The first-order chi connectivity index (χ1) is 34.0. The van der Waals surface area contributed by atoms with Crippen LogP contribution in [-0.2, 0) is 38.3 Å². The molecule has 0 fully saturated rings. The van der Waals surface area contributed by atoms with Crippen LogP contribution in [0.2, 0.25) is 0 Å². The Balaban J connectivity index is 0.00000800. The van der Waals surface area contributed by atoms with E-state index in [0.717, 1.165) is 45.4 Å². The zero-order valence-electron chi connectivity index (χ0n) is 48.3. The minimum Gasteiger partial charge on any atom is -0.507 e. The van der Waals surface area contributed by atoms with E-state index in [2.05, 4.69) is 80.6 Å². The smallest absolute Gasteiger partial charge is 0.148 e. The third-order valence-corrected chi connectivity index (χ3v) is 10.8. The number of imidazole rings is 1. The molecular formula is C56H56N3OPt-. The van der Waals surface area contributed by atoms with Gasteiger partial charge in [0.2, 0.25) is 0 Å². The number of hydrogen-bond donors (Lipinski definition) is 1. The van der Waals surface area contributed by atoms with Gasteiger partial charge in [0.05, 0.1) is 27.8 Å². The Labute approximate surface area is 395 Å². The van der Waals surface area contributed by atoms with E-state index in [-0.39, 0.29) is 37.9 Å². The van der Waals surface area contributed by atoms with Crippen LogP contribution >= 0.6 is 0 Å². The number of aryl methyl sites for hydroxylation is 2. The Hall–Kier alpha value is -5.57. The quantitative estimate of drug-likeness (QED) is 0.154. The third kappa shape index (κ3) is 8.93. The number of pyridine rings is 1. The first-order valence-corrected chi connectivity index (χ1v) is 20.1. The molecule has 4 nitrogen and oxygen atoms in total. The molecule has 0 aliphatic heterocycles. The average Bonchev–Trinajstić information content (AvgIpc) is 3.69. The monoisotopic (exact) mass is 994 g/mol. The van der Waals surface area contributed by atoms with Gasteiger partial charge in [-0.2, -0.15) is 0 Å². The maximum Gasteiger partial charge on any atom is 0.148 e. The van der Waals surface area contributed by atoms with E-state index >= 15 is 0 Å². The van der Waals surface area contributed by atoms with Gasteiger partial charge in [0.15, 0.2) is 0 Å². The summed E-state index contributed by atoms with van der Waals surface area (Å²) in [6, 6.07) is 33.2. The fourth-order valence-corrected chi connectivity index (χ4v) is 7.76. The number of nitrogens with zero attached hydrogens (tertiary/aromatic N) is 3. The van der Waals surface area contributed by atoms with Crippen LogP contribution in [0.3, 0.4) is 0 Å². The molecule has 0 radical (unpaired) electrons. The van der Waals surface area contributed by atoms with Crippen LogP contribution in [0.1, 0.15) is 101 Å². The molecule has 0 spiro atoms. The molecule has 6 aromatic carbocycles. The number of phenolic OH excluding ortho intramolecular Hbond substituents is 1. The van der Waals surface area contributed by atoms with Crippen LogP contribution in [0.4, 0.5) is 0 Å². The number of para-hydroxylation sites is 1. The van der Waals surface area contributed by atoms with E-state index < -0.39 is 61.1 Å². The number of rotatable bonds is 8. The number of hydrogen-bond acceptors (Lipinski definition) is 3. The van der Waals surface area contributed by atoms with Crippen LogP contribution in [0.25, 0.3) is 72.7 Å². The summed E-state index contributed by atoms with van der Waals surface area (Å²) in [5, 5.41) is 11.8. The Morgan fingerprint density at radius 2 is 1.46 bits per heavy atom. The zero-order chi connectivity index (χ0) is 53.5. The summed E-state index contributed by atoms with van der Waals surface area (Å²) in [5.41, 5.74) is 5.14. The first kappa shape index (κ1) is 29.6. The summed E-state index contributed by atoms with van der Waals surface area (Å²) in [5.74, 6) is 1.06. The summed E-state index contributed by atoms with van der Waals surface area (Å²) in [6.07, 6.45) is 2.30. The van der Waals surface area contributed by atoms with E-state index in [9.17, 15) is 5.11 Å². The molecular weight excluding hydrogens is 926 g/mol. The van der Waals surface area contributed by atoms with E-state index in [1.165, 1.54) is 17.8 Å². The van der Waals surface area contributed by atoms with Crippen molar-refractivity contribution < 1.29 is 44.0 Å². The Morgan fingerprint density at radius 1 is 0.721 bits per heavy atom. The van der Waals surface area contributed by atoms with E-state index in [4.69, 9.17) is 22.8 Å². The summed E-state index contributed by atoms with van der Waals surface area (Å²) in [7, 11) is 0. The number of phenols is 1. The fraction of sp³-hybridized carbons (Fsp3) is 0.250. The van der Waals surface area contributed by atoms with Gasteiger partial charge in [-0.3, -0.25) is 9.55 Å². The van der Waals surface area contributed by atoms with E-state index in [1.807, 2.05) is 74.5 Å². The molecule has 0 aliphatic rings. The van der Waals surface area contributed by atoms with Crippen molar-refractivity contribution >= 4 is 11.0 Å². The molecule has 5 heteroatoms. The molecule has 0 saturated heterocycles. The molecule has 1 N–H and O–H groups in total. The minimum absolute atomic E-state index is 0. The molecule has 8 aromatic rings. The largest absolute Gasteiger partial charge is 0.507 e. The Kier molecular flexibility index (Phi) is 8.29. The second kappa shape index (κ2) is 17.1. The van der Waals surface area contributed by atoms with Crippen molar-refractivity contribution in [3.05, 3.63) is 167 Å². The van der Waals surface area contributed by atoms with Gasteiger partial charge in [0, 0.05) is 50.9 Å². The van der Waals surface area contributed by atoms with Crippen molar-refractivity contribution in [3.63, 3.8) is 0 Å². The molecule has 0 atom stereocenters. The van der Waals surface area contributed by atoms with Crippen LogP contribution in [-0.4, -0.2) is 19.6 Å².